The van der Waals surface area contributed by atoms with Gasteiger partial charge in [0.15, 0.2) is 11.7 Å². The van der Waals surface area contributed by atoms with Crippen LogP contribution in [0, 0.1) is 0 Å². The predicted octanol–water partition coefficient (Wildman–Crippen LogP) is 3.34. The van der Waals surface area contributed by atoms with Crippen molar-refractivity contribution in [1.29, 1.82) is 0 Å². The maximum Gasteiger partial charge on any atom is 0.301 e. The van der Waals surface area contributed by atoms with E-state index in [0.717, 1.165) is 0 Å². The van der Waals surface area contributed by atoms with E-state index in [4.69, 9.17) is 0 Å². The third kappa shape index (κ3) is 18.2. The molecule has 0 saturated heterocycles. The normalized spacial score (nSPS) is 7.38. The maximum absolute atomic E-state index is 11.0. The highest BCUT2D eigenvalue weighted by Gasteiger charge is 1.92. The lowest BCUT2D eigenvalue weighted by Crippen LogP contribution is -1.59. The highest BCUT2D eigenvalue weighted by molar-refractivity contribution is 4.85. The van der Waals surface area contributed by atoms with Gasteiger partial charge in [-0.25, -0.2) is 8.78 Å². The first-order valence-corrected chi connectivity index (χ1v) is 2.63. The third-order valence-corrected chi connectivity index (χ3v) is 0.521. The fourth-order valence-electron chi connectivity index (χ4n) is 0. The topological polar surface area (TPSA) is 31.5 Å². The first-order valence-electron chi connectivity index (χ1n) is 2.63. The van der Waals surface area contributed by atoms with E-state index < -0.39 is 23.8 Å². The van der Waals surface area contributed by atoms with Crippen molar-refractivity contribution in [2.75, 3.05) is 0 Å². The zero-order valence-electron chi connectivity index (χ0n) is 6.77. The van der Waals surface area contributed by atoms with Crippen molar-refractivity contribution in [3.8, 4) is 0 Å². The SMILES string of the molecule is CC(F)=C(F)F.CC(F)=C(F)F.O. The Morgan fingerprint density at radius 1 is 0.615 bits per heavy atom. The van der Waals surface area contributed by atoms with Crippen LogP contribution < -0.4 is 0 Å². The van der Waals surface area contributed by atoms with E-state index in [1.54, 1.807) is 0 Å². The Balaban J connectivity index is -0.000000143. The molecule has 2 N–H and O–H groups in total. The Hall–Kier alpha value is -0.980. The molecule has 0 rings (SSSR count). The Kier molecular flexibility index (Phi) is 12.6. The lowest BCUT2D eigenvalue weighted by atomic mass is 10.7. The molecular weight excluding hydrogens is 202 g/mol. The molecule has 80 valence electrons. The van der Waals surface area contributed by atoms with Crippen LogP contribution in [0.4, 0.5) is 26.3 Å². The molecule has 0 saturated carbocycles. The van der Waals surface area contributed by atoms with Gasteiger partial charge in [0.1, 0.15) is 0 Å². The summed E-state index contributed by atoms with van der Waals surface area (Å²) in [6.45, 7) is 1.41. The van der Waals surface area contributed by atoms with Crippen LogP contribution in [-0.2, 0) is 0 Å². The first-order chi connectivity index (χ1) is 5.29. The number of hydrogen-bond acceptors (Lipinski definition) is 0. The first kappa shape index (κ1) is 17.9. The number of allylic oxidation sites excluding steroid dienone is 2. The van der Waals surface area contributed by atoms with E-state index >= 15 is 0 Å². The van der Waals surface area contributed by atoms with Gasteiger partial charge >= 0.3 is 12.2 Å². The van der Waals surface area contributed by atoms with Gasteiger partial charge in [-0.2, -0.15) is 17.6 Å². The molecule has 0 bridgehead atoms. The molecule has 0 spiro atoms. The Morgan fingerprint density at radius 3 is 0.692 bits per heavy atom. The minimum absolute atomic E-state index is 0. The van der Waals surface area contributed by atoms with Crippen molar-refractivity contribution in [3.05, 3.63) is 23.8 Å². The van der Waals surface area contributed by atoms with Gasteiger partial charge in [0.05, 0.1) is 0 Å². The lowest BCUT2D eigenvalue weighted by Gasteiger charge is -1.73. The van der Waals surface area contributed by atoms with E-state index in [1.807, 2.05) is 0 Å². The van der Waals surface area contributed by atoms with Crippen molar-refractivity contribution in [2.24, 2.45) is 0 Å². The molecular formula is C6H8F6O. The van der Waals surface area contributed by atoms with Crippen LogP contribution in [0.3, 0.4) is 0 Å². The number of rotatable bonds is 0. The molecule has 13 heavy (non-hydrogen) atoms. The zero-order chi connectivity index (χ0) is 10.3. The van der Waals surface area contributed by atoms with E-state index in [1.165, 1.54) is 0 Å². The third-order valence-electron chi connectivity index (χ3n) is 0.521. The fraction of sp³-hybridized carbons (Fsp3) is 0.333. The van der Waals surface area contributed by atoms with Crippen LogP contribution in [0.5, 0.6) is 0 Å². The van der Waals surface area contributed by atoms with E-state index in [2.05, 4.69) is 0 Å². The van der Waals surface area contributed by atoms with Crippen molar-refractivity contribution < 1.29 is 31.8 Å². The molecule has 0 aliphatic carbocycles. The summed E-state index contributed by atoms with van der Waals surface area (Å²) in [6.07, 6.45) is -4.48. The standard InChI is InChI=1S/2C3H3F3.H2O/c2*1-2(4)3(5)6;/h2*1H3;1H2. The molecule has 1 nitrogen and oxygen atoms in total. The highest BCUT2D eigenvalue weighted by atomic mass is 19.3. The van der Waals surface area contributed by atoms with Crippen molar-refractivity contribution >= 4 is 0 Å². The summed E-state index contributed by atoms with van der Waals surface area (Å²) in [5.74, 6) is -2.81. The van der Waals surface area contributed by atoms with Gasteiger partial charge in [-0.3, -0.25) is 0 Å². The molecule has 0 aromatic heterocycles. The van der Waals surface area contributed by atoms with E-state index in [-0.39, 0.29) is 5.48 Å². The molecule has 0 aliphatic rings. The van der Waals surface area contributed by atoms with Crippen LogP contribution in [0.15, 0.2) is 23.8 Å². The number of hydrogen-bond donors (Lipinski definition) is 0. The predicted molar refractivity (Wildman–Crippen MR) is 35.7 cm³/mol. The molecule has 0 fully saturated rings. The van der Waals surface area contributed by atoms with Gasteiger partial charge in [0.2, 0.25) is 0 Å². The second-order valence-corrected chi connectivity index (χ2v) is 1.59. The molecule has 0 unspecified atom stereocenters. The average molecular weight is 210 g/mol. The van der Waals surface area contributed by atoms with Gasteiger partial charge in [-0.05, 0) is 13.8 Å². The van der Waals surface area contributed by atoms with Gasteiger partial charge < -0.3 is 5.48 Å². The van der Waals surface area contributed by atoms with E-state index in [9.17, 15) is 26.3 Å². The molecule has 0 aromatic rings. The van der Waals surface area contributed by atoms with Crippen LogP contribution >= 0.6 is 0 Å². The smallest absolute Gasteiger partial charge is 0.301 e. The maximum atomic E-state index is 11.0. The molecule has 0 amide bonds. The average Bonchev–Trinajstić information content (AvgIpc) is 1.88. The largest absolute Gasteiger partial charge is 0.412 e. The second kappa shape index (κ2) is 9.11. The summed E-state index contributed by atoms with van der Waals surface area (Å²) < 4.78 is 64.6. The highest BCUT2D eigenvalue weighted by Crippen LogP contribution is 2.06. The molecule has 7 heteroatoms. The summed E-state index contributed by atoms with van der Waals surface area (Å²) in [6, 6.07) is 0. The number of halogens is 6. The van der Waals surface area contributed by atoms with Gasteiger partial charge in [0.25, 0.3) is 0 Å². The minimum atomic E-state index is -2.24. The van der Waals surface area contributed by atoms with Crippen LogP contribution in [-0.4, -0.2) is 5.48 Å². The summed E-state index contributed by atoms with van der Waals surface area (Å²) in [5.41, 5.74) is 0. The summed E-state index contributed by atoms with van der Waals surface area (Å²) in [5, 5.41) is 0. The summed E-state index contributed by atoms with van der Waals surface area (Å²) in [4.78, 5) is 0. The lowest BCUT2D eigenvalue weighted by molar-refractivity contribution is 0.380. The van der Waals surface area contributed by atoms with Gasteiger partial charge in [-0.15, -0.1) is 0 Å². The van der Waals surface area contributed by atoms with Gasteiger partial charge in [0, 0.05) is 0 Å². The van der Waals surface area contributed by atoms with E-state index in [0.29, 0.717) is 13.8 Å². The Labute approximate surface area is 70.7 Å². The van der Waals surface area contributed by atoms with Crippen molar-refractivity contribution in [1.82, 2.24) is 0 Å². The molecule has 0 aliphatic heterocycles. The fourth-order valence-corrected chi connectivity index (χ4v) is 0. The Morgan fingerprint density at radius 2 is 0.692 bits per heavy atom. The second-order valence-electron chi connectivity index (χ2n) is 1.59. The molecule has 0 radical (unpaired) electrons. The molecule has 0 aromatic carbocycles. The molecule has 0 atom stereocenters. The molecule has 0 heterocycles. The monoisotopic (exact) mass is 210 g/mol. The van der Waals surface area contributed by atoms with Crippen LogP contribution in [0.25, 0.3) is 0 Å². The van der Waals surface area contributed by atoms with Crippen LogP contribution in [0.2, 0.25) is 0 Å². The minimum Gasteiger partial charge on any atom is -0.412 e. The van der Waals surface area contributed by atoms with Crippen molar-refractivity contribution in [2.45, 2.75) is 13.8 Å². The van der Waals surface area contributed by atoms with Crippen LogP contribution in [0.1, 0.15) is 13.8 Å². The van der Waals surface area contributed by atoms with Crippen molar-refractivity contribution in [3.63, 3.8) is 0 Å². The zero-order valence-corrected chi connectivity index (χ0v) is 6.77. The quantitative estimate of drug-likeness (QED) is 0.549. The van der Waals surface area contributed by atoms with Gasteiger partial charge in [-0.1, -0.05) is 0 Å². The summed E-state index contributed by atoms with van der Waals surface area (Å²) >= 11 is 0. The Bertz CT molecular complexity index is 139. The summed E-state index contributed by atoms with van der Waals surface area (Å²) in [7, 11) is 0.